The highest BCUT2D eigenvalue weighted by Gasteiger charge is 2.42. The molecule has 1 N–H and O–H groups in total. The molecule has 0 bridgehead atoms. The van der Waals surface area contributed by atoms with Gasteiger partial charge in [0, 0.05) is 32.8 Å². The maximum absolute atomic E-state index is 12.9. The maximum atomic E-state index is 12.9. The molecular weight excluding hydrogens is 397 g/mol. The molecule has 0 unspecified atom stereocenters. The number of hydrogen-bond acceptors (Lipinski definition) is 4. The second-order valence-electron chi connectivity index (χ2n) is 8.68. The summed E-state index contributed by atoms with van der Waals surface area (Å²) in [6.45, 7) is 3.27. The maximum Gasteiger partial charge on any atom is 0.416 e. The Kier molecular flexibility index (Phi) is 6.36. The summed E-state index contributed by atoms with van der Waals surface area (Å²) in [6, 6.07) is 5.57. The molecule has 4 rings (SSSR count). The van der Waals surface area contributed by atoms with Crippen LogP contribution in [-0.2, 0) is 27.0 Å². The molecule has 8 heteroatoms. The van der Waals surface area contributed by atoms with Crippen LogP contribution in [0.15, 0.2) is 24.3 Å². The van der Waals surface area contributed by atoms with Crippen LogP contribution in [0, 0.1) is 0 Å². The lowest BCUT2D eigenvalue weighted by Gasteiger charge is -2.39. The Morgan fingerprint density at radius 3 is 2.70 bits per heavy atom. The van der Waals surface area contributed by atoms with Gasteiger partial charge in [-0.15, -0.1) is 0 Å². The van der Waals surface area contributed by atoms with E-state index >= 15 is 0 Å². The molecule has 2 atom stereocenters. The van der Waals surface area contributed by atoms with E-state index in [0.29, 0.717) is 25.3 Å². The van der Waals surface area contributed by atoms with Crippen molar-refractivity contribution >= 4 is 5.91 Å². The summed E-state index contributed by atoms with van der Waals surface area (Å²) >= 11 is 0. The topological polar surface area (TPSA) is 50.8 Å². The normalized spacial score (nSPS) is 26.9. The molecular formula is C22H29F3N2O3. The van der Waals surface area contributed by atoms with Crippen LogP contribution in [-0.4, -0.2) is 54.9 Å². The van der Waals surface area contributed by atoms with Gasteiger partial charge in [-0.2, -0.15) is 13.2 Å². The molecule has 3 fully saturated rings. The van der Waals surface area contributed by atoms with Gasteiger partial charge < -0.3 is 14.8 Å². The van der Waals surface area contributed by atoms with E-state index in [0.717, 1.165) is 57.7 Å². The Balaban J connectivity index is 1.23. The molecule has 1 aromatic carbocycles. The Bertz CT molecular complexity index is 741. The van der Waals surface area contributed by atoms with Crippen LogP contribution in [0.1, 0.15) is 49.7 Å². The number of carbonyl (C=O) groups is 1. The third-order valence-corrected chi connectivity index (χ3v) is 6.49. The van der Waals surface area contributed by atoms with Gasteiger partial charge in [0.25, 0.3) is 0 Å². The fourth-order valence-electron chi connectivity index (χ4n) is 4.74. The minimum Gasteiger partial charge on any atom is -0.370 e. The second kappa shape index (κ2) is 8.85. The fraction of sp³-hybridized carbons (Fsp3) is 0.682. The minimum atomic E-state index is -4.31. The first-order valence-corrected chi connectivity index (χ1v) is 10.8. The number of alkyl halides is 3. The Labute approximate surface area is 174 Å². The number of nitrogens with zero attached hydrogens (tertiary/aromatic N) is 1. The van der Waals surface area contributed by atoms with Gasteiger partial charge in [0.2, 0.25) is 5.91 Å². The largest absolute Gasteiger partial charge is 0.416 e. The zero-order valence-corrected chi connectivity index (χ0v) is 17.0. The van der Waals surface area contributed by atoms with Crippen molar-refractivity contribution in [2.45, 2.75) is 69.1 Å². The summed E-state index contributed by atoms with van der Waals surface area (Å²) in [7, 11) is 0. The molecule has 3 saturated heterocycles. The third-order valence-electron chi connectivity index (χ3n) is 6.49. The van der Waals surface area contributed by atoms with Crippen molar-refractivity contribution in [2.24, 2.45) is 0 Å². The summed E-state index contributed by atoms with van der Waals surface area (Å²) in [4.78, 5) is 14.3. The SMILES string of the molecule is O=C(NC[C@@H]1CCC2(CCN(Cc3cccc(C(F)(F)F)c3)CC2)O1)[C@H]1CCCO1. The minimum absolute atomic E-state index is 0.0189. The van der Waals surface area contributed by atoms with Crippen LogP contribution in [0.25, 0.3) is 0 Å². The molecule has 0 radical (unpaired) electrons. The third kappa shape index (κ3) is 5.15. The van der Waals surface area contributed by atoms with E-state index in [1.54, 1.807) is 6.07 Å². The predicted molar refractivity (Wildman–Crippen MR) is 105 cm³/mol. The predicted octanol–water partition coefficient (Wildman–Crippen LogP) is 3.51. The lowest BCUT2D eigenvalue weighted by Crippen LogP contribution is -2.45. The molecule has 1 spiro atoms. The van der Waals surface area contributed by atoms with E-state index in [1.165, 1.54) is 12.1 Å². The van der Waals surface area contributed by atoms with Crippen molar-refractivity contribution < 1.29 is 27.4 Å². The second-order valence-corrected chi connectivity index (χ2v) is 8.68. The first-order chi connectivity index (χ1) is 14.3. The molecule has 0 aliphatic carbocycles. The quantitative estimate of drug-likeness (QED) is 0.783. The Morgan fingerprint density at radius 2 is 2.00 bits per heavy atom. The first-order valence-electron chi connectivity index (χ1n) is 10.8. The highest BCUT2D eigenvalue weighted by atomic mass is 19.4. The molecule has 3 aliphatic rings. The van der Waals surface area contributed by atoms with Gasteiger partial charge >= 0.3 is 6.18 Å². The molecule has 166 valence electrons. The van der Waals surface area contributed by atoms with Crippen molar-refractivity contribution in [1.29, 1.82) is 0 Å². The van der Waals surface area contributed by atoms with Crippen molar-refractivity contribution in [2.75, 3.05) is 26.2 Å². The molecule has 3 heterocycles. The van der Waals surface area contributed by atoms with Crippen LogP contribution in [0.2, 0.25) is 0 Å². The van der Waals surface area contributed by atoms with Crippen LogP contribution in [0.5, 0.6) is 0 Å². The van der Waals surface area contributed by atoms with Crippen molar-refractivity contribution in [3.63, 3.8) is 0 Å². The average molecular weight is 426 g/mol. The number of hydrogen-bond donors (Lipinski definition) is 1. The Hall–Kier alpha value is -1.64. The highest BCUT2D eigenvalue weighted by molar-refractivity contribution is 5.80. The van der Waals surface area contributed by atoms with Gasteiger partial charge in [-0.05, 0) is 50.2 Å². The smallest absolute Gasteiger partial charge is 0.370 e. The lowest BCUT2D eigenvalue weighted by atomic mass is 9.88. The molecule has 1 aromatic rings. The van der Waals surface area contributed by atoms with Gasteiger partial charge in [-0.1, -0.05) is 18.2 Å². The van der Waals surface area contributed by atoms with Gasteiger partial charge in [0.05, 0.1) is 17.3 Å². The number of likely N-dealkylation sites (tertiary alicyclic amines) is 1. The highest BCUT2D eigenvalue weighted by Crippen LogP contribution is 2.39. The van der Waals surface area contributed by atoms with E-state index in [-0.39, 0.29) is 23.7 Å². The summed E-state index contributed by atoms with van der Waals surface area (Å²) in [5, 5.41) is 2.96. The van der Waals surface area contributed by atoms with Gasteiger partial charge in [0.1, 0.15) is 6.10 Å². The van der Waals surface area contributed by atoms with Crippen LogP contribution in [0.4, 0.5) is 13.2 Å². The van der Waals surface area contributed by atoms with E-state index in [2.05, 4.69) is 10.2 Å². The van der Waals surface area contributed by atoms with Crippen LogP contribution < -0.4 is 5.32 Å². The van der Waals surface area contributed by atoms with E-state index in [4.69, 9.17) is 9.47 Å². The summed E-state index contributed by atoms with van der Waals surface area (Å²) in [5.74, 6) is -0.0482. The van der Waals surface area contributed by atoms with Gasteiger partial charge in [-0.25, -0.2) is 0 Å². The number of nitrogens with one attached hydrogen (secondary N) is 1. The van der Waals surface area contributed by atoms with Crippen molar-refractivity contribution in [1.82, 2.24) is 10.2 Å². The van der Waals surface area contributed by atoms with E-state index in [1.807, 2.05) is 0 Å². The molecule has 5 nitrogen and oxygen atoms in total. The molecule has 3 aliphatic heterocycles. The van der Waals surface area contributed by atoms with Crippen molar-refractivity contribution in [3.8, 4) is 0 Å². The number of rotatable bonds is 5. The van der Waals surface area contributed by atoms with Gasteiger partial charge in [-0.3, -0.25) is 9.69 Å². The molecule has 30 heavy (non-hydrogen) atoms. The van der Waals surface area contributed by atoms with E-state index in [9.17, 15) is 18.0 Å². The number of benzene rings is 1. The first kappa shape index (κ1) is 21.6. The number of carbonyl (C=O) groups excluding carboxylic acids is 1. The van der Waals surface area contributed by atoms with E-state index < -0.39 is 11.7 Å². The molecule has 1 amide bonds. The fourth-order valence-corrected chi connectivity index (χ4v) is 4.74. The Morgan fingerprint density at radius 1 is 1.20 bits per heavy atom. The zero-order chi connectivity index (χ0) is 21.2. The summed E-state index contributed by atoms with van der Waals surface area (Å²) < 4.78 is 50.5. The van der Waals surface area contributed by atoms with Crippen LogP contribution in [0.3, 0.4) is 0 Å². The number of amides is 1. The van der Waals surface area contributed by atoms with Crippen LogP contribution >= 0.6 is 0 Å². The molecule has 0 aromatic heterocycles. The summed E-state index contributed by atoms with van der Waals surface area (Å²) in [6.07, 6.45) is 0.703. The molecule has 0 saturated carbocycles. The number of ether oxygens (including phenoxy) is 2. The number of piperidine rings is 1. The average Bonchev–Trinajstić information content (AvgIpc) is 3.39. The monoisotopic (exact) mass is 426 g/mol. The summed E-state index contributed by atoms with van der Waals surface area (Å²) in [5.41, 5.74) is -0.0767. The van der Waals surface area contributed by atoms with Gasteiger partial charge in [0.15, 0.2) is 0 Å². The number of halogens is 3. The lowest BCUT2D eigenvalue weighted by molar-refractivity contribution is -0.137. The van der Waals surface area contributed by atoms with Crippen molar-refractivity contribution in [3.05, 3.63) is 35.4 Å². The standard InChI is InChI=1S/C22H29F3N2O3/c23-22(24,25)17-4-1-3-16(13-17)15-27-10-8-21(9-11-27)7-6-18(30-21)14-26-20(28)19-5-2-12-29-19/h1,3-4,13,18-19H,2,5-12,14-15H2,(H,26,28)/t18-,19+/m0/s1. The zero-order valence-electron chi connectivity index (χ0n) is 17.0.